The maximum Gasteiger partial charge on any atom is 0.338 e. The van der Waals surface area contributed by atoms with E-state index >= 15 is 0 Å². The largest absolute Gasteiger partial charge is 0.489 e. The van der Waals surface area contributed by atoms with Crippen LogP contribution in [0.5, 0.6) is 5.75 Å². The minimum Gasteiger partial charge on any atom is -0.489 e. The number of Topliss-reactive ketones (excluding diaryl/α,β-unsaturated/α-hetero) is 1. The number of carbonyl (C=O) groups is 2. The fraction of sp³-hybridized carbons (Fsp3) is 0.320. The van der Waals surface area contributed by atoms with Gasteiger partial charge in [0.2, 0.25) is 0 Å². The number of nitrogens with zero attached hydrogens (tertiary/aromatic N) is 1. The van der Waals surface area contributed by atoms with Crippen LogP contribution in [0, 0.1) is 13.8 Å². The Morgan fingerprint density at radius 1 is 0.968 bits per heavy atom. The van der Waals surface area contributed by atoms with Gasteiger partial charge in [-0.15, -0.1) is 0 Å². The van der Waals surface area contributed by atoms with Crippen LogP contribution in [0.15, 0.2) is 47.0 Å². The smallest absolute Gasteiger partial charge is 0.338 e. The first-order chi connectivity index (χ1) is 15.0. The number of rotatable bonds is 7. The second-order valence-electron chi connectivity index (χ2n) is 7.81. The molecule has 0 N–H and O–H groups in total. The first-order valence-corrected chi connectivity index (χ1v) is 10.5. The van der Waals surface area contributed by atoms with E-state index in [1.54, 1.807) is 24.3 Å². The predicted octanol–water partition coefficient (Wildman–Crippen LogP) is 4.79. The molecule has 0 saturated heterocycles. The summed E-state index contributed by atoms with van der Waals surface area (Å²) in [5, 5.41) is 3.90. The van der Waals surface area contributed by atoms with Crippen LogP contribution in [-0.4, -0.2) is 23.5 Å². The van der Waals surface area contributed by atoms with Crippen molar-refractivity contribution in [3.63, 3.8) is 0 Å². The van der Waals surface area contributed by atoms with Crippen molar-refractivity contribution in [1.82, 2.24) is 5.16 Å². The average Bonchev–Trinajstić information content (AvgIpc) is 3.12. The molecule has 0 spiro atoms. The van der Waals surface area contributed by atoms with E-state index < -0.39 is 5.97 Å². The molecule has 6 nitrogen and oxygen atoms in total. The summed E-state index contributed by atoms with van der Waals surface area (Å²) in [7, 11) is 0. The van der Waals surface area contributed by atoms with E-state index in [2.05, 4.69) is 5.16 Å². The van der Waals surface area contributed by atoms with Crippen molar-refractivity contribution in [2.45, 2.75) is 46.1 Å². The van der Waals surface area contributed by atoms with Crippen LogP contribution >= 0.6 is 0 Å². The van der Waals surface area contributed by atoms with Crippen molar-refractivity contribution >= 4 is 11.8 Å². The van der Waals surface area contributed by atoms with Crippen LogP contribution in [0.25, 0.3) is 0 Å². The van der Waals surface area contributed by atoms with E-state index in [0.717, 1.165) is 36.3 Å². The minimum atomic E-state index is -0.538. The molecule has 0 atom stereocenters. The molecule has 3 aromatic rings. The summed E-state index contributed by atoms with van der Waals surface area (Å²) in [6.45, 7) is 3.76. The van der Waals surface area contributed by atoms with Gasteiger partial charge < -0.3 is 14.0 Å². The first kappa shape index (κ1) is 20.8. The van der Waals surface area contributed by atoms with Crippen molar-refractivity contribution in [2.24, 2.45) is 0 Å². The van der Waals surface area contributed by atoms with E-state index in [-0.39, 0.29) is 12.4 Å². The molecular formula is C25H25NO5. The summed E-state index contributed by atoms with van der Waals surface area (Å²) >= 11 is 0. The summed E-state index contributed by atoms with van der Waals surface area (Å²) in [5.41, 5.74) is 5.21. The molecule has 1 aliphatic carbocycles. The fourth-order valence-corrected chi connectivity index (χ4v) is 3.76. The van der Waals surface area contributed by atoms with Gasteiger partial charge in [-0.25, -0.2) is 4.79 Å². The molecule has 1 heterocycles. The Morgan fingerprint density at radius 3 is 2.39 bits per heavy atom. The monoisotopic (exact) mass is 419 g/mol. The quantitative estimate of drug-likeness (QED) is 0.405. The molecule has 2 aromatic carbocycles. The number of fused-ring (bicyclic) bond motifs is 1. The molecular weight excluding hydrogens is 394 g/mol. The Balaban J connectivity index is 1.31. The maximum absolute atomic E-state index is 12.5. The van der Waals surface area contributed by atoms with Gasteiger partial charge >= 0.3 is 5.97 Å². The average molecular weight is 419 g/mol. The lowest BCUT2D eigenvalue weighted by molar-refractivity contribution is 0.0474. The summed E-state index contributed by atoms with van der Waals surface area (Å²) in [4.78, 5) is 24.8. The van der Waals surface area contributed by atoms with Crippen LogP contribution < -0.4 is 4.74 Å². The summed E-state index contributed by atoms with van der Waals surface area (Å²) in [6.07, 6.45) is 4.41. The molecule has 31 heavy (non-hydrogen) atoms. The Labute approximate surface area is 181 Å². The van der Waals surface area contributed by atoms with Crippen LogP contribution in [0.4, 0.5) is 0 Å². The lowest BCUT2D eigenvalue weighted by atomic mass is 9.90. The lowest BCUT2D eigenvalue weighted by Crippen LogP contribution is -2.15. The molecule has 0 amide bonds. The van der Waals surface area contributed by atoms with Gasteiger partial charge in [-0.3, -0.25) is 4.79 Å². The van der Waals surface area contributed by atoms with Crippen LogP contribution in [0.1, 0.15) is 61.7 Å². The Bertz CT molecular complexity index is 1080. The lowest BCUT2D eigenvalue weighted by Gasteiger charge is -2.16. The fourth-order valence-electron chi connectivity index (χ4n) is 3.76. The molecule has 0 bridgehead atoms. The molecule has 0 radical (unpaired) electrons. The topological polar surface area (TPSA) is 78.6 Å². The third-order valence-electron chi connectivity index (χ3n) is 5.66. The Kier molecular flexibility index (Phi) is 6.16. The molecule has 1 aromatic heterocycles. The highest BCUT2D eigenvalue weighted by Crippen LogP contribution is 2.23. The van der Waals surface area contributed by atoms with E-state index in [1.807, 2.05) is 32.0 Å². The first-order valence-electron chi connectivity index (χ1n) is 10.5. The highest BCUT2D eigenvalue weighted by atomic mass is 16.5. The van der Waals surface area contributed by atoms with Gasteiger partial charge in [-0.2, -0.15) is 0 Å². The van der Waals surface area contributed by atoms with Crippen molar-refractivity contribution < 1.29 is 23.6 Å². The summed E-state index contributed by atoms with van der Waals surface area (Å²) in [6, 6.07) is 12.4. The highest BCUT2D eigenvalue weighted by Gasteiger charge is 2.16. The van der Waals surface area contributed by atoms with Gasteiger partial charge in [-0.1, -0.05) is 17.3 Å². The van der Waals surface area contributed by atoms with Gasteiger partial charge in [0.25, 0.3) is 0 Å². The number of aryl methyl sites for hydroxylation is 4. The van der Waals surface area contributed by atoms with Gasteiger partial charge in [0, 0.05) is 5.56 Å². The number of esters is 1. The standard InChI is InChI=1S/C25H25NO5/c1-16-23(17(2)31-26-16)14-29-22-11-9-19(10-12-22)25(28)30-15-24(27)21-8-7-18-5-3-4-6-20(18)13-21/h7-13H,3-6,14-15H2,1-2H3. The van der Waals surface area contributed by atoms with E-state index in [4.69, 9.17) is 14.0 Å². The molecule has 1 aliphatic rings. The molecule has 0 saturated carbocycles. The van der Waals surface area contributed by atoms with Crippen LogP contribution in [0.2, 0.25) is 0 Å². The molecule has 160 valence electrons. The number of ketones is 1. The molecule has 6 heteroatoms. The molecule has 0 aliphatic heterocycles. The Morgan fingerprint density at radius 2 is 1.68 bits per heavy atom. The van der Waals surface area contributed by atoms with E-state index in [1.165, 1.54) is 17.5 Å². The summed E-state index contributed by atoms with van der Waals surface area (Å²) < 4.78 is 16.1. The zero-order chi connectivity index (χ0) is 21.8. The minimum absolute atomic E-state index is 0.193. The van der Waals surface area contributed by atoms with Crippen LogP contribution in [0.3, 0.4) is 0 Å². The summed E-state index contributed by atoms with van der Waals surface area (Å²) in [5.74, 6) is 0.604. The zero-order valence-electron chi connectivity index (χ0n) is 17.8. The normalized spacial score (nSPS) is 12.8. The third-order valence-corrected chi connectivity index (χ3v) is 5.66. The number of benzene rings is 2. The van der Waals surface area contributed by atoms with Crippen molar-refractivity contribution in [1.29, 1.82) is 0 Å². The predicted molar refractivity (Wildman–Crippen MR) is 114 cm³/mol. The van der Waals surface area contributed by atoms with Crippen LogP contribution in [-0.2, 0) is 24.2 Å². The second kappa shape index (κ2) is 9.16. The van der Waals surface area contributed by atoms with Gasteiger partial charge in [0.15, 0.2) is 12.4 Å². The highest BCUT2D eigenvalue weighted by molar-refractivity contribution is 5.99. The van der Waals surface area contributed by atoms with Gasteiger partial charge in [-0.05, 0) is 81.0 Å². The zero-order valence-corrected chi connectivity index (χ0v) is 17.8. The van der Waals surface area contributed by atoms with Crippen molar-refractivity contribution in [3.05, 3.63) is 81.7 Å². The number of ether oxygens (including phenoxy) is 2. The van der Waals surface area contributed by atoms with Crippen molar-refractivity contribution in [3.8, 4) is 5.75 Å². The maximum atomic E-state index is 12.5. The molecule has 4 rings (SSSR count). The third kappa shape index (κ3) is 4.85. The Hall–Kier alpha value is -3.41. The van der Waals surface area contributed by atoms with Gasteiger partial charge in [0.1, 0.15) is 18.1 Å². The molecule has 0 fully saturated rings. The molecule has 0 unspecified atom stereocenters. The number of carbonyl (C=O) groups excluding carboxylic acids is 2. The van der Waals surface area contributed by atoms with Gasteiger partial charge in [0.05, 0.1) is 16.8 Å². The number of hydrogen-bond donors (Lipinski definition) is 0. The number of hydrogen-bond acceptors (Lipinski definition) is 6. The number of aromatic nitrogens is 1. The van der Waals surface area contributed by atoms with E-state index in [9.17, 15) is 9.59 Å². The second-order valence-corrected chi connectivity index (χ2v) is 7.81. The van der Waals surface area contributed by atoms with E-state index in [0.29, 0.717) is 23.5 Å². The SMILES string of the molecule is Cc1noc(C)c1COc1ccc(C(=O)OCC(=O)c2ccc3c(c2)CCCC3)cc1. The van der Waals surface area contributed by atoms with Crippen molar-refractivity contribution in [2.75, 3.05) is 6.61 Å².